The maximum atomic E-state index is 12.0. The van der Waals surface area contributed by atoms with Gasteiger partial charge in [0.25, 0.3) is 5.91 Å². The van der Waals surface area contributed by atoms with Crippen LogP contribution < -0.4 is 16.0 Å². The summed E-state index contributed by atoms with van der Waals surface area (Å²) in [6.45, 7) is 2.59. The lowest BCUT2D eigenvalue weighted by atomic mass is 10.2. The van der Waals surface area contributed by atoms with Crippen molar-refractivity contribution in [2.24, 2.45) is 0 Å². The molecule has 0 saturated carbocycles. The molecule has 1 aromatic rings. The quantitative estimate of drug-likeness (QED) is 0.618. The minimum Gasteiger partial charge on any atom is -0.383 e. The van der Waals surface area contributed by atoms with E-state index in [2.05, 4.69) is 16.0 Å². The van der Waals surface area contributed by atoms with Crippen LogP contribution in [0.1, 0.15) is 10.4 Å². The maximum Gasteiger partial charge on any atom is 0.321 e. The first-order valence-electron chi connectivity index (χ1n) is 7.11. The standard InChI is InChI=1S/C15H24N4O3.ClH/c1-19(2)15(21)18-13-6-4-5-12(11-13)14(20)17-8-7-16-9-10-22-3;/h4-6,11,16H,7-10H2,1-3H3,(H,17,20)(H,18,21);1H. The molecule has 0 saturated heterocycles. The van der Waals surface area contributed by atoms with Crippen molar-refractivity contribution in [3.63, 3.8) is 0 Å². The molecule has 0 fully saturated rings. The molecule has 0 bridgehead atoms. The van der Waals surface area contributed by atoms with E-state index in [9.17, 15) is 9.59 Å². The second-order valence-corrected chi connectivity index (χ2v) is 4.90. The lowest BCUT2D eigenvalue weighted by Gasteiger charge is -2.12. The van der Waals surface area contributed by atoms with Crippen LogP contribution in [0.3, 0.4) is 0 Å². The number of amides is 3. The molecule has 0 aliphatic heterocycles. The van der Waals surface area contributed by atoms with Crippen molar-refractivity contribution in [3.8, 4) is 0 Å². The molecule has 0 atom stereocenters. The van der Waals surface area contributed by atoms with Gasteiger partial charge in [0.2, 0.25) is 0 Å². The Kier molecular flexibility index (Phi) is 10.8. The first kappa shape index (κ1) is 21.2. The number of halogens is 1. The van der Waals surface area contributed by atoms with Crippen molar-refractivity contribution in [3.05, 3.63) is 29.8 Å². The van der Waals surface area contributed by atoms with Crippen LogP contribution in [0.15, 0.2) is 24.3 Å². The highest BCUT2D eigenvalue weighted by Crippen LogP contribution is 2.11. The number of nitrogens with one attached hydrogen (secondary N) is 3. The van der Waals surface area contributed by atoms with Crippen LogP contribution in [-0.4, -0.2) is 64.3 Å². The number of rotatable bonds is 8. The first-order chi connectivity index (χ1) is 10.5. The second-order valence-electron chi connectivity index (χ2n) is 4.90. The number of hydrogen-bond acceptors (Lipinski definition) is 4. The number of hydrogen-bond donors (Lipinski definition) is 3. The summed E-state index contributed by atoms with van der Waals surface area (Å²) in [4.78, 5) is 25.0. The van der Waals surface area contributed by atoms with E-state index in [1.165, 1.54) is 4.90 Å². The van der Waals surface area contributed by atoms with E-state index >= 15 is 0 Å². The molecule has 3 N–H and O–H groups in total. The van der Waals surface area contributed by atoms with Crippen LogP contribution in [0.4, 0.5) is 10.5 Å². The molecule has 0 aliphatic rings. The average Bonchev–Trinajstić information content (AvgIpc) is 2.50. The predicted octanol–water partition coefficient (Wildman–Crippen LogP) is 1.17. The van der Waals surface area contributed by atoms with Crippen molar-refractivity contribution in [1.82, 2.24) is 15.5 Å². The molecule has 1 aromatic carbocycles. The summed E-state index contributed by atoms with van der Waals surface area (Å²) in [5.74, 6) is -0.172. The fourth-order valence-corrected chi connectivity index (χ4v) is 1.64. The monoisotopic (exact) mass is 344 g/mol. The number of nitrogens with zero attached hydrogens (tertiary/aromatic N) is 1. The summed E-state index contributed by atoms with van der Waals surface area (Å²) in [6.07, 6.45) is 0. The molecule has 1 rings (SSSR count). The van der Waals surface area contributed by atoms with Gasteiger partial charge < -0.3 is 25.6 Å². The van der Waals surface area contributed by atoms with Crippen molar-refractivity contribution >= 4 is 30.0 Å². The zero-order valence-corrected chi connectivity index (χ0v) is 14.5. The summed E-state index contributed by atoms with van der Waals surface area (Å²) in [7, 11) is 4.95. The van der Waals surface area contributed by atoms with Gasteiger partial charge in [-0.3, -0.25) is 4.79 Å². The highest BCUT2D eigenvalue weighted by atomic mass is 35.5. The molecule has 0 radical (unpaired) electrons. The number of methoxy groups -OCH3 is 1. The van der Waals surface area contributed by atoms with Crippen LogP contribution in [0.2, 0.25) is 0 Å². The Hall–Kier alpha value is -1.83. The van der Waals surface area contributed by atoms with E-state index in [-0.39, 0.29) is 24.3 Å². The SMILES string of the molecule is COCCNCCNC(=O)c1cccc(NC(=O)N(C)C)c1.Cl. The van der Waals surface area contributed by atoms with Crippen molar-refractivity contribution < 1.29 is 14.3 Å². The minimum absolute atomic E-state index is 0. The Labute approximate surface area is 143 Å². The lowest BCUT2D eigenvalue weighted by Crippen LogP contribution is -2.33. The lowest BCUT2D eigenvalue weighted by molar-refractivity contribution is 0.0953. The summed E-state index contributed by atoms with van der Waals surface area (Å²) in [6, 6.07) is 6.59. The van der Waals surface area contributed by atoms with Crippen molar-refractivity contribution in [1.29, 1.82) is 0 Å². The van der Waals surface area contributed by atoms with Crippen LogP contribution in [0, 0.1) is 0 Å². The Morgan fingerprint density at radius 3 is 2.57 bits per heavy atom. The molecule has 8 heteroatoms. The van der Waals surface area contributed by atoms with E-state index in [0.29, 0.717) is 30.9 Å². The van der Waals surface area contributed by atoms with Gasteiger partial charge in [-0.05, 0) is 18.2 Å². The molecular weight excluding hydrogens is 320 g/mol. The number of benzene rings is 1. The first-order valence-corrected chi connectivity index (χ1v) is 7.11. The zero-order valence-electron chi connectivity index (χ0n) is 13.7. The molecule has 23 heavy (non-hydrogen) atoms. The van der Waals surface area contributed by atoms with E-state index in [0.717, 1.165) is 6.54 Å². The Bertz CT molecular complexity index is 497. The Morgan fingerprint density at radius 1 is 1.17 bits per heavy atom. The zero-order chi connectivity index (χ0) is 16.4. The van der Waals surface area contributed by atoms with Crippen molar-refractivity contribution in [2.45, 2.75) is 0 Å². The largest absolute Gasteiger partial charge is 0.383 e. The second kappa shape index (κ2) is 11.7. The summed E-state index contributed by atoms with van der Waals surface area (Å²) in [5.41, 5.74) is 1.10. The third kappa shape index (κ3) is 8.39. The molecule has 0 spiro atoms. The number of carbonyl (C=O) groups excluding carboxylic acids is 2. The molecular formula is C15H25ClN4O3. The number of urea groups is 1. The van der Waals surface area contributed by atoms with Gasteiger partial charge in [0.05, 0.1) is 6.61 Å². The van der Waals surface area contributed by atoms with Crippen LogP contribution in [0.25, 0.3) is 0 Å². The van der Waals surface area contributed by atoms with E-state index in [4.69, 9.17) is 4.74 Å². The smallest absolute Gasteiger partial charge is 0.321 e. The Balaban J connectivity index is 0.00000484. The van der Waals surface area contributed by atoms with E-state index < -0.39 is 0 Å². The fourth-order valence-electron chi connectivity index (χ4n) is 1.64. The molecule has 0 heterocycles. The normalized spacial score (nSPS) is 9.70. The van der Waals surface area contributed by atoms with Gasteiger partial charge in [0.1, 0.15) is 0 Å². The molecule has 130 valence electrons. The predicted molar refractivity (Wildman–Crippen MR) is 93.5 cm³/mol. The minimum atomic E-state index is -0.236. The van der Waals surface area contributed by atoms with Gasteiger partial charge in [-0.25, -0.2) is 4.79 Å². The van der Waals surface area contributed by atoms with Gasteiger partial charge in [0, 0.05) is 52.1 Å². The maximum absolute atomic E-state index is 12.0. The van der Waals surface area contributed by atoms with Gasteiger partial charge >= 0.3 is 6.03 Å². The fraction of sp³-hybridized carbons (Fsp3) is 0.467. The number of carbonyl (C=O) groups is 2. The van der Waals surface area contributed by atoms with Gasteiger partial charge in [-0.2, -0.15) is 0 Å². The van der Waals surface area contributed by atoms with Crippen LogP contribution >= 0.6 is 12.4 Å². The number of anilines is 1. The van der Waals surface area contributed by atoms with Crippen molar-refractivity contribution in [2.75, 3.05) is 52.8 Å². The summed E-state index contributed by atoms with van der Waals surface area (Å²) < 4.78 is 4.91. The third-order valence-electron chi connectivity index (χ3n) is 2.85. The van der Waals surface area contributed by atoms with E-state index in [1.807, 2.05) is 0 Å². The third-order valence-corrected chi connectivity index (χ3v) is 2.85. The molecule has 7 nitrogen and oxygen atoms in total. The Morgan fingerprint density at radius 2 is 1.91 bits per heavy atom. The van der Waals surface area contributed by atoms with Crippen LogP contribution in [0.5, 0.6) is 0 Å². The van der Waals surface area contributed by atoms with E-state index in [1.54, 1.807) is 45.5 Å². The molecule has 0 unspecified atom stereocenters. The summed E-state index contributed by atoms with van der Waals surface area (Å²) in [5, 5.41) is 8.66. The van der Waals surface area contributed by atoms with Gasteiger partial charge in [-0.15, -0.1) is 12.4 Å². The highest BCUT2D eigenvalue weighted by Gasteiger charge is 2.08. The number of ether oxygens (including phenoxy) is 1. The average molecular weight is 345 g/mol. The molecule has 0 aliphatic carbocycles. The van der Waals surface area contributed by atoms with Gasteiger partial charge in [0.15, 0.2) is 0 Å². The molecule has 3 amide bonds. The topological polar surface area (TPSA) is 82.7 Å². The highest BCUT2D eigenvalue weighted by molar-refractivity contribution is 5.96. The van der Waals surface area contributed by atoms with Gasteiger partial charge in [-0.1, -0.05) is 6.07 Å². The van der Waals surface area contributed by atoms with Crippen LogP contribution in [-0.2, 0) is 4.74 Å². The molecule has 0 aromatic heterocycles. The summed E-state index contributed by atoms with van der Waals surface area (Å²) >= 11 is 0.